The fraction of sp³-hybridized carbons (Fsp3) is 0.593. The van der Waals surface area contributed by atoms with Gasteiger partial charge in [0.2, 0.25) is 0 Å². The van der Waals surface area contributed by atoms with Crippen LogP contribution in [0, 0.1) is 0 Å². The Hall–Kier alpha value is -2.33. The number of aldehydes is 1. The van der Waals surface area contributed by atoms with E-state index in [1.54, 1.807) is 26.5 Å². The molecule has 1 aromatic carbocycles. The van der Waals surface area contributed by atoms with E-state index < -0.39 is 18.3 Å². The Morgan fingerprint density at radius 2 is 1.69 bits per heavy atom. The van der Waals surface area contributed by atoms with E-state index in [-0.39, 0.29) is 0 Å². The molecule has 0 unspecified atom stereocenters. The first-order valence-corrected chi connectivity index (χ1v) is 12.4. The zero-order valence-corrected chi connectivity index (χ0v) is 23.6. The summed E-state index contributed by atoms with van der Waals surface area (Å²) in [5.74, 6) is 0.847. The van der Waals surface area contributed by atoms with Crippen LogP contribution in [0.2, 0.25) is 0 Å². The second-order valence-electron chi connectivity index (χ2n) is 9.91. The summed E-state index contributed by atoms with van der Waals surface area (Å²) in [5.41, 5.74) is 6.45. The van der Waals surface area contributed by atoms with Gasteiger partial charge in [-0.3, -0.25) is 9.79 Å². The first-order chi connectivity index (χ1) is 17.0. The van der Waals surface area contributed by atoms with Gasteiger partial charge in [0, 0.05) is 44.6 Å². The number of nitrogens with two attached hydrogens (primary N) is 1. The van der Waals surface area contributed by atoms with Gasteiger partial charge in [-0.1, -0.05) is 18.9 Å². The summed E-state index contributed by atoms with van der Waals surface area (Å²) >= 11 is 0. The molecule has 2 N–H and O–H groups in total. The zero-order valence-electron chi connectivity index (χ0n) is 23.6. The second kappa shape index (κ2) is 14.4. The minimum atomic E-state index is -0.588. The van der Waals surface area contributed by atoms with Crippen molar-refractivity contribution in [1.29, 1.82) is 0 Å². The number of carbonyl (C=O) groups excluding carboxylic acids is 1. The van der Waals surface area contributed by atoms with Crippen molar-refractivity contribution in [3.05, 3.63) is 35.5 Å². The molecule has 0 aromatic heterocycles. The van der Waals surface area contributed by atoms with Gasteiger partial charge in [-0.05, 0) is 78.8 Å². The summed E-state index contributed by atoms with van der Waals surface area (Å²) in [5, 5.41) is 0. The van der Waals surface area contributed by atoms with Crippen LogP contribution < -0.4 is 11.2 Å². The molecule has 1 saturated heterocycles. The van der Waals surface area contributed by atoms with Crippen molar-refractivity contribution >= 4 is 37.1 Å². The molecular formula is C27H45BN4O4. The Morgan fingerprint density at radius 1 is 1.17 bits per heavy atom. The Morgan fingerprint density at radius 3 is 2.17 bits per heavy atom. The van der Waals surface area contributed by atoms with Crippen molar-refractivity contribution in [2.24, 2.45) is 15.7 Å². The average Bonchev–Trinajstić information content (AvgIpc) is 3.45. The maximum absolute atomic E-state index is 11.9. The van der Waals surface area contributed by atoms with Crippen LogP contribution in [0.15, 0.2) is 40.0 Å². The molecule has 2 aliphatic rings. The molecule has 0 amide bonds. The van der Waals surface area contributed by atoms with Crippen LogP contribution in [-0.2, 0) is 14.0 Å². The molecule has 1 heterocycles. The third-order valence-electron chi connectivity index (χ3n) is 6.78. The molecule has 8 nitrogen and oxygen atoms in total. The van der Waals surface area contributed by atoms with Crippen molar-refractivity contribution in [2.75, 3.05) is 28.3 Å². The fourth-order valence-corrected chi connectivity index (χ4v) is 4.15. The van der Waals surface area contributed by atoms with E-state index in [4.69, 9.17) is 14.3 Å². The Balaban J connectivity index is 0.00000120. The number of carbonyl (C=O) groups is 1. The largest absolute Gasteiger partial charge is 0.495 e. The number of methoxy groups -OCH3 is 1. The molecule has 200 valence electrons. The molecule has 3 rings (SSSR count). The molecule has 36 heavy (non-hydrogen) atoms. The minimum absolute atomic E-state index is 0.460. The smallest absolute Gasteiger partial charge is 0.399 e. The van der Waals surface area contributed by atoms with Crippen molar-refractivity contribution in [3.63, 3.8) is 0 Å². The third-order valence-corrected chi connectivity index (χ3v) is 6.78. The van der Waals surface area contributed by atoms with Gasteiger partial charge < -0.3 is 24.7 Å². The molecule has 1 saturated carbocycles. The van der Waals surface area contributed by atoms with Gasteiger partial charge in [0.1, 0.15) is 12.1 Å². The summed E-state index contributed by atoms with van der Waals surface area (Å²) in [6.07, 6.45) is 7.36. The van der Waals surface area contributed by atoms with Gasteiger partial charge in [0.25, 0.3) is 0 Å². The summed E-state index contributed by atoms with van der Waals surface area (Å²) in [4.78, 5) is 23.0. The van der Waals surface area contributed by atoms with Crippen LogP contribution in [0.3, 0.4) is 0 Å². The van der Waals surface area contributed by atoms with Crippen LogP contribution in [-0.4, -0.2) is 76.4 Å². The van der Waals surface area contributed by atoms with Crippen molar-refractivity contribution in [3.8, 4) is 0 Å². The molecule has 2 fully saturated rings. The van der Waals surface area contributed by atoms with E-state index in [1.807, 2.05) is 46.8 Å². The summed E-state index contributed by atoms with van der Waals surface area (Å²) in [6, 6.07) is 6.04. The lowest BCUT2D eigenvalue weighted by atomic mass is 9.76. The van der Waals surface area contributed by atoms with E-state index in [2.05, 4.69) is 34.1 Å². The van der Waals surface area contributed by atoms with E-state index in [0.29, 0.717) is 17.3 Å². The van der Waals surface area contributed by atoms with Gasteiger partial charge in [-0.15, -0.1) is 0 Å². The number of amidine groups is 1. The van der Waals surface area contributed by atoms with Crippen molar-refractivity contribution in [1.82, 2.24) is 4.90 Å². The number of ether oxygens (including phenoxy) is 1. The molecular weight excluding hydrogens is 455 g/mol. The highest BCUT2D eigenvalue weighted by molar-refractivity contribution is 6.63. The molecule has 0 spiro atoms. The van der Waals surface area contributed by atoms with E-state index in [1.165, 1.54) is 19.9 Å². The number of likely N-dealkylation sites (N-methyl/N-ethyl adjacent to an activating group) is 1. The lowest BCUT2D eigenvalue weighted by Gasteiger charge is -2.32. The van der Waals surface area contributed by atoms with E-state index >= 15 is 0 Å². The number of aliphatic imine (C=N–C) groups is 2. The fourth-order valence-electron chi connectivity index (χ4n) is 4.15. The Labute approximate surface area is 218 Å². The third kappa shape index (κ3) is 7.84. The standard InChI is InChI=1S/C24H34BN3O3.C2H6O.CH5N/c1-17(15-26-6)22(28(7)20-10-8-9-11-20)27-19-12-13-21(18(14-19)16-29)25-30-23(2,3)24(4,5)31-25;1-3-2;1-2/h12-16,20H,6,8-11H2,1-5,7H3;1-2H3;2H2,1H3/b17-15-,27-22?;;. The van der Waals surface area contributed by atoms with E-state index in [9.17, 15) is 4.79 Å². The highest BCUT2D eigenvalue weighted by Gasteiger charge is 2.52. The normalized spacial score (nSPS) is 19.1. The topological polar surface area (TPSA) is 98.7 Å². The second-order valence-corrected chi connectivity index (χ2v) is 9.91. The summed E-state index contributed by atoms with van der Waals surface area (Å²) < 4.78 is 16.5. The van der Waals surface area contributed by atoms with Crippen LogP contribution in [0.5, 0.6) is 0 Å². The maximum Gasteiger partial charge on any atom is 0.495 e. The molecule has 0 atom stereocenters. The SMILES string of the molecule is C=N/C=C(/C)C(=Nc1ccc(B2OC(C)(C)C(C)(C)O2)c(C=O)c1)N(C)C1CCCC1.CN.COC. The number of hydrogen-bond donors (Lipinski definition) is 1. The highest BCUT2D eigenvalue weighted by atomic mass is 16.7. The lowest BCUT2D eigenvalue weighted by molar-refractivity contribution is 0.00578. The Kier molecular flexibility index (Phi) is 12.7. The predicted octanol–water partition coefficient (Wildman–Crippen LogP) is 4.14. The predicted molar refractivity (Wildman–Crippen MR) is 151 cm³/mol. The molecule has 1 aliphatic carbocycles. The monoisotopic (exact) mass is 500 g/mol. The molecule has 0 radical (unpaired) electrons. The molecule has 0 bridgehead atoms. The van der Waals surface area contributed by atoms with Crippen LogP contribution >= 0.6 is 0 Å². The molecule has 9 heteroatoms. The number of hydrogen-bond acceptors (Lipinski definition) is 7. The average molecular weight is 500 g/mol. The first kappa shape index (κ1) is 31.7. The van der Waals surface area contributed by atoms with Gasteiger partial charge in [-0.25, -0.2) is 4.99 Å². The van der Waals surface area contributed by atoms with E-state index in [0.717, 1.165) is 36.0 Å². The minimum Gasteiger partial charge on any atom is -0.399 e. The van der Waals surface area contributed by atoms with Crippen LogP contribution in [0.1, 0.15) is 70.7 Å². The first-order valence-electron chi connectivity index (χ1n) is 12.4. The van der Waals surface area contributed by atoms with Gasteiger partial charge in [-0.2, -0.15) is 0 Å². The number of nitrogens with zero attached hydrogens (tertiary/aromatic N) is 3. The van der Waals surface area contributed by atoms with Crippen molar-refractivity contribution < 1.29 is 18.8 Å². The number of benzene rings is 1. The highest BCUT2D eigenvalue weighted by Crippen LogP contribution is 2.37. The quantitative estimate of drug-likeness (QED) is 0.273. The lowest BCUT2D eigenvalue weighted by Crippen LogP contribution is -2.41. The molecule has 1 aromatic rings. The summed E-state index contributed by atoms with van der Waals surface area (Å²) in [7, 11) is 6.24. The van der Waals surface area contributed by atoms with Gasteiger partial charge in [0.15, 0.2) is 0 Å². The van der Waals surface area contributed by atoms with Crippen molar-refractivity contribution in [2.45, 2.75) is 77.5 Å². The van der Waals surface area contributed by atoms with Gasteiger partial charge in [0.05, 0.1) is 16.9 Å². The maximum atomic E-state index is 11.9. The molecule has 1 aliphatic heterocycles. The van der Waals surface area contributed by atoms with Crippen LogP contribution in [0.25, 0.3) is 0 Å². The summed E-state index contributed by atoms with van der Waals surface area (Å²) in [6.45, 7) is 13.6. The zero-order chi connectivity index (χ0) is 27.5. The Bertz CT molecular complexity index is 908. The number of rotatable bonds is 6. The van der Waals surface area contributed by atoms with Crippen LogP contribution in [0.4, 0.5) is 5.69 Å². The van der Waals surface area contributed by atoms with Gasteiger partial charge >= 0.3 is 7.12 Å².